The van der Waals surface area contributed by atoms with Crippen LogP contribution in [0, 0.1) is 17.2 Å². The van der Waals surface area contributed by atoms with Crippen molar-refractivity contribution in [2.24, 2.45) is 5.92 Å². The van der Waals surface area contributed by atoms with E-state index in [1.165, 1.54) is 12.8 Å². The lowest BCUT2D eigenvalue weighted by Gasteiger charge is -1.95. The van der Waals surface area contributed by atoms with Crippen molar-refractivity contribution in [1.29, 1.82) is 5.26 Å². The third-order valence-electron chi connectivity index (χ3n) is 1.76. The van der Waals surface area contributed by atoms with Gasteiger partial charge in [-0.2, -0.15) is 5.26 Å². The number of carbonyl (C=O) groups is 1. The third-order valence-corrected chi connectivity index (χ3v) is 2.18. The molecule has 0 aromatic heterocycles. The van der Waals surface area contributed by atoms with Crippen molar-refractivity contribution in [3.05, 3.63) is 0 Å². The number of nitriles is 1. The lowest BCUT2D eigenvalue weighted by atomic mass is 10.1. The molecule has 0 radical (unpaired) electrons. The van der Waals surface area contributed by atoms with Crippen LogP contribution >= 0.6 is 24.8 Å². The highest BCUT2D eigenvalue weighted by Crippen LogP contribution is 2.02. The molecule has 0 amide bonds. The molecule has 1 N–H and O–H groups in total. The number of carboxylic acids is 1. The maximum Gasteiger partial charge on any atom is 0.303 e. The first-order chi connectivity index (χ1) is 7.43. The topological polar surface area (TPSA) is 61.1 Å². The molecular formula is C11H19NO2S2. The first kappa shape index (κ1) is 17.8. The molecule has 0 fully saturated rings. The van der Waals surface area contributed by atoms with Gasteiger partial charge in [-0.1, -0.05) is 25.6 Å². The summed E-state index contributed by atoms with van der Waals surface area (Å²) in [5.41, 5.74) is 0. The Labute approximate surface area is 108 Å². The van der Waals surface area contributed by atoms with Crippen molar-refractivity contribution in [3.8, 4) is 6.07 Å². The molecular weight excluding hydrogens is 242 g/mol. The van der Waals surface area contributed by atoms with E-state index in [1.807, 2.05) is 6.07 Å². The molecule has 1 atom stereocenters. The molecule has 0 spiro atoms. The van der Waals surface area contributed by atoms with Gasteiger partial charge in [0.25, 0.3) is 0 Å². The standard InChI is InChI=1S/C6H9NO2.C5H10S2/c1-5(4-7)2-3-6(8)9;1-2-3-4-5(6)7/h5H,2-3H2,1H3,(H,8,9);2-4H2,1H3,(H,6,7). The zero-order valence-electron chi connectivity index (χ0n) is 9.77. The zero-order valence-corrected chi connectivity index (χ0v) is 11.5. The van der Waals surface area contributed by atoms with Crippen molar-refractivity contribution < 1.29 is 9.90 Å². The summed E-state index contributed by atoms with van der Waals surface area (Å²) in [5.74, 6) is -0.974. The van der Waals surface area contributed by atoms with E-state index in [9.17, 15) is 4.79 Å². The minimum absolute atomic E-state index is 0.0920. The fraction of sp³-hybridized carbons (Fsp3) is 0.727. The van der Waals surface area contributed by atoms with Crippen molar-refractivity contribution >= 4 is 35.0 Å². The molecule has 0 saturated heterocycles. The fourth-order valence-electron chi connectivity index (χ4n) is 0.733. The van der Waals surface area contributed by atoms with Gasteiger partial charge in [0.05, 0.1) is 6.07 Å². The van der Waals surface area contributed by atoms with Gasteiger partial charge in [-0.25, -0.2) is 0 Å². The van der Waals surface area contributed by atoms with E-state index >= 15 is 0 Å². The summed E-state index contributed by atoms with van der Waals surface area (Å²) in [6, 6.07) is 1.96. The molecule has 0 aliphatic rings. The van der Waals surface area contributed by atoms with Gasteiger partial charge in [-0.15, -0.1) is 12.6 Å². The summed E-state index contributed by atoms with van der Waals surface area (Å²) >= 11 is 8.69. The molecule has 0 rings (SSSR count). The molecule has 0 aromatic carbocycles. The van der Waals surface area contributed by atoms with Gasteiger partial charge in [0.15, 0.2) is 0 Å². The molecule has 0 saturated carbocycles. The van der Waals surface area contributed by atoms with Crippen LogP contribution in [0.1, 0.15) is 46.0 Å². The van der Waals surface area contributed by atoms with Crippen LogP contribution in [0.2, 0.25) is 0 Å². The van der Waals surface area contributed by atoms with Crippen LogP contribution in [-0.4, -0.2) is 15.3 Å². The van der Waals surface area contributed by atoms with Crippen LogP contribution in [-0.2, 0) is 4.79 Å². The van der Waals surface area contributed by atoms with E-state index in [2.05, 4.69) is 19.6 Å². The van der Waals surface area contributed by atoms with E-state index in [0.717, 1.165) is 10.6 Å². The fourth-order valence-corrected chi connectivity index (χ4v) is 1.03. The molecule has 1 unspecified atom stereocenters. The summed E-state index contributed by atoms with van der Waals surface area (Å²) in [6.07, 6.45) is 3.93. The van der Waals surface area contributed by atoms with Gasteiger partial charge in [0.1, 0.15) is 0 Å². The first-order valence-electron chi connectivity index (χ1n) is 5.27. The molecule has 0 bridgehead atoms. The monoisotopic (exact) mass is 261 g/mol. The molecule has 92 valence electrons. The van der Waals surface area contributed by atoms with Gasteiger partial charge >= 0.3 is 5.97 Å². The lowest BCUT2D eigenvalue weighted by molar-refractivity contribution is -0.137. The Kier molecular flexibility index (Phi) is 13.9. The number of thiocarbonyl (C=S) groups is 1. The number of hydrogen-bond acceptors (Lipinski definition) is 3. The van der Waals surface area contributed by atoms with Crippen LogP contribution in [0.4, 0.5) is 0 Å². The highest BCUT2D eigenvalue weighted by Gasteiger charge is 2.02. The van der Waals surface area contributed by atoms with Crippen LogP contribution in [0.15, 0.2) is 0 Å². The molecule has 0 heterocycles. The van der Waals surface area contributed by atoms with E-state index in [4.69, 9.17) is 22.6 Å². The quantitative estimate of drug-likeness (QED) is 0.568. The SMILES string of the molecule is CC(C#N)CCC(=O)O.CCCCC(=S)S. The Balaban J connectivity index is 0. The number of rotatable bonds is 6. The van der Waals surface area contributed by atoms with Crippen molar-refractivity contribution in [2.45, 2.75) is 46.0 Å². The Morgan fingerprint density at radius 1 is 1.56 bits per heavy atom. The second-order valence-electron chi connectivity index (χ2n) is 3.46. The number of aliphatic carboxylic acids is 1. The van der Waals surface area contributed by atoms with Crippen LogP contribution < -0.4 is 0 Å². The van der Waals surface area contributed by atoms with Crippen molar-refractivity contribution in [1.82, 2.24) is 0 Å². The predicted molar refractivity (Wildman–Crippen MR) is 72.8 cm³/mol. The number of thiol groups is 1. The highest BCUT2D eigenvalue weighted by molar-refractivity contribution is 8.11. The summed E-state index contributed by atoms with van der Waals surface area (Å²) in [6.45, 7) is 3.86. The zero-order chi connectivity index (χ0) is 13.0. The molecule has 3 nitrogen and oxygen atoms in total. The Morgan fingerprint density at radius 2 is 2.12 bits per heavy atom. The van der Waals surface area contributed by atoms with E-state index in [1.54, 1.807) is 6.92 Å². The van der Waals surface area contributed by atoms with Gasteiger partial charge in [0.2, 0.25) is 0 Å². The van der Waals surface area contributed by atoms with Gasteiger partial charge < -0.3 is 5.11 Å². The number of nitrogens with zero attached hydrogens (tertiary/aromatic N) is 1. The van der Waals surface area contributed by atoms with Gasteiger partial charge in [-0.3, -0.25) is 4.79 Å². The third kappa shape index (κ3) is 19.0. The molecule has 0 aliphatic heterocycles. The first-order valence-corrected chi connectivity index (χ1v) is 6.12. The molecule has 0 aromatic rings. The average molecular weight is 261 g/mol. The summed E-state index contributed by atoms with van der Waals surface area (Å²) in [7, 11) is 0. The predicted octanol–water partition coefficient (Wildman–Crippen LogP) is 3.44. The van der Waals surface area contributed by atoms with Crippen molar-refractivity contribution in [2.75, 3.05) is 0 Å². The molecule has 5 heteroatoms. The molecule has 0 aliphatic carbocycles. The maximum atomic E-state index is 9.91. The minimum Gasteiger partial charge on any atom is -0.481 e. The second-order valence-corrected chi connectivity index (χ2v) is 4.80. The largest absolute Gasteiger partial charge is 0.481 e. The van der Waals surface area contributed by atoms with E-state index in [-0.39, 0.29) is 12.3 Å². The van der Waals surface area contributed by atoms with Gasteiger partial charge in [0, 0.05) is 16.5 Å². The smallest absolute Gasteiger partial charge is 0.303 e. The maximum absolute atomic E-state index is 9.91. The summed E-state index contributed by atoms with van der Waals surface area (Å²) in [5, 5.41) is 16.4. The van der Waals surface area contributed by atoms with Gasteiger partial charge in [-0.05, 0) is 26.2 Å². The number of hydrogen-bond donors (Lipinski definition) is 2. The Bertz CT molecular complexity index is 249. The Hall–Kier alpha value is -0.600. The van der Waals surface area contributed by atoms with Crippen LogP contribution in [0.25, 0.3) is 0 Å². The summed E-state index contributed by atoms with van der Waals surface area (Å²) in [4.78, 5) is 9.91. The molecule has 16 heavy (non-hydrogen) atoms. The van der Waals surface area contributed by atoms with E-state index in [0.29, 0.717) is 6.42 Å². The van der Waals surface area contributed by atoms with Crippen LogP contribution in [0.5, 0.6) is 0 Å². The van der Waals surface area contributed by atoms with Crippen LogP contribution in [0.3, 0.4) is 0 Å². The average Bonchev–Trinajstić information content (AvgIpc) is 2.23. The summed E-state index contributed by atoms with van der Waals surface area (Å²) < 4.78 is 0.835. The number of unbranched alkanes of at least 4 members (excludes halogenated alkanes) is 1. The second kappa shape index (κ2) is 12.5. The minimum atomic E-state index is -0.836. The van der Waals surface area contributed by atoms with E-state index < -0.39 is 5.97 Å². The van der Waals surface area contributed by atoms with Crippen molar-refractivity contribution in [3.63, 3.8) is 0 Å². The number of carboxylic acid groups (broad SMARTS) is 1. The normalized spacial score (nSPS) is 10.6. The Morgan fingerprint density at radius 3 is 2.38 bits per heavy atom. The lowest BCUT2D eigenvalue weighted by Crippen LogP contribution is -1.98. The highest BCUT2D eigenvalue weighted by atomic mass is 32.1.